The highest BCUT2D eigenvalue weighted by Gasteiger charge is 2.41. The van der Waals surface area contributed by atoms with Gasteiger partial charge in [-0.1, -0.05) is 24.3 Å². The second-order valence-electron chi connectivity index (χ2n) is 8.60. The van der Waals surface area contributed by atoms with Gasteiger partial charge in [-0.15, -0.1) is 0 Å². The van der Waals surface area contributed by atoms with E-state index in [1.165, 1.54) is 0 Å². The smallest absolute Gasteiger partial charge is 0.408 e. The number of hydrogen-bond donors (Lipinski definition) is 3. The van der Waals surface area contributed by atoms with E-state index in [4.69, 9.17) is 9.47 Å². The van der Waals surface area contributed by atoms with Crippen molar-refractivity contribution in [3.63, 3.8) is 0 Å². The summed E-state index contributed by atoms with van der Waals surface area (Å²) in [4.78, 5) is 27.2. The fourth-order valence-electron chi connectivity index (χ4n) is 3.54. The molecule has 1 aromatic carbocycles. The van der Waals surface area contributed by atoms with E-state index >= 15 is 0 Å². The molecule has 3 N–H and O–H groups in total. The van der Waals surface area contributed by atoms with Crippen LogP contribution >= 0.6 is 0 Å². The van der Waals surface area contributed by atoms with Crippen molar-refractivity contribution in [2.75, 3.05) is 11.9 Å². The van der Waals surface area contributed by atoms with Gasteiger partial charge in [-0.3, -0.25) is 0 Å². The average molecular weight is 414 g/mol. The molecular formula is C23H31N3O4. The van der Waals surface area contributed by atoms with Gasteiger partial charge >= 0.3 is 12.1 Å². The number of anilines is 1. The number of hydrogen-bond acceptors (Lipinski definition) is 5. The Morgan fingerprint density at radius 1 is 1.13 bits per heavy atom. The highest BCUT2D eigenvalue weighted by Crippen LogP contribution is 2.41. The van der Waals surface area contributed by atoms with Crippen molar-refractivity contribution in [3.05, 3.63) is 53.3 Å². The summed E-state index contributed by atoms with van der Waals surface area (Å²) in [7, 11) is 0. The lowest BCUT2D eigenvalue weighted by Crippen LogP contribution is -2.52. The predicted octanol–water partition coefficient (Wildman–Crippen LogP) is 4.71. The summed E-state index contributed by atoms with van der Waals surface area (Å²) in [6.07, 6.45) is 4.20. The number of H-pyrrole nitrogens is 1. The lowest BCUT2D eigenvalue weighted by atomic mass is 9.72. The second kappa shape index (κ2) is 8.81. The largest absolute Gasteiger partial charge is 0.461 e. The molecule has 0 spiro atoms. The Kier molecular flexibility index (Phi) is 6.39. The minimum absolute atomic E-state index is 0.331. The Hall–Kier alpha value is -2.96. The molecule has 1 heterocycles. The van der Waals surface area contributed by atoms with Crippen molar-refractivity contribution >= 4 is 17.7 Å². The predicted molar refractivity (Wildman–Crippen MR) is 115 cm³/mol. The monoisotopic (exact) mass is 413 g/mol. The Bertz CT molecular complexity index is 877. The van der Waals surface area contributed by atoms with E-state index in [1.807, 2.05) is 39.0 Å². The number of nitrogens with one attached hydrogen (secondary N) is 3. The molecule has 1 saturated carbocycles. The van der Waals surface area contributed by atoms with Crippen LogP contribution in [0.2, 0.25) is 0 Å². The zero-order valence-electron chi connectivity index (χ0n) is 18.1. The maximum atomic E-state index is 12.3. The van der Waals surface area contributed by atoms with E-state index in [1.54, 1.807) is 13.1 Å². The molecule has 1 aliphatic carbocycles. The molecule has 1 amide bonds. The Morgan fingerprint density at radius 2 is 1.83 bits per heavy atom. The van der Waals surface area contributed by atoms with Gasteiger partial charge in [0.15, 0.2) is 0 Å². The van der Waals surface area contributed by atoms with Gasteiger partial charge in [-0.2, -0.15) is 0 Å². The Balaban J connectivity index is 1.63. The van der Waals surface area contributed by atoms with Crippen molar-refractivity contribution in [3.8, 4) is 0 Å². The van der Waals surface area contributed by atoms with E-state index in [0.29, 0.717) is 24.5 Å². The summed E-state index contributed by atoms with van der Waals surface area (Å²) in [5, 5.41) is 6.35. The number of aromatic nitrogens is 1. The first-order valence-corrected chi connectivity index (χ1v) is 10.4. The first-order chi connectivity index (χ1) is 14.2. The van der Waals surface area contributed by atoms with Gasteiger partial charge in [0, 0.05) is 12.7 Å². The van der Waals surface area contributed by atoms with Gasteiger partial charge in [-0.05, 0) is 64.2 Å². The van der Waals surface area contributed by atoms with Gasteiger partial charge in [0.05, 0.1) is 17.8 Å². The molecule has 1 aromatic heterocycles. The number of benzene rings is 1. The normalized spacial score (nSPS) is 15.1. The van der Waals surface area contributed by atoms with E-state index in [0.717, 1.165) is 30.4 Å². The first kappa shape index (κ1) is 21.7. The van der Waals surface area contributed by atoms with Crippen molar-refractivity contribution in [2.24, 2.45) is 0 Å². The fourth-order valence-corrected chi connectivity index (χ4v) is 3.54. The van der Waals surface area contributed by atoms with Gasteiger partial charge in [-0.25, -0.2) is 9.59 Å². The van der Waals surface area contributed by atoms with Crippen LogP contribution in [0.3, 0.4) is 0 Å². The number of aromatic amines is 1. The van der Waals surface area contributed by atoms with Gasteiger partial charge in [0.2, 0.25) is 0 Å². The SMILES string of the molecule is CCOC(=O)c1[nH]ccc1NCc1ccc(C2(NC(=O)OC(C)(C)C)CCC2)cc1. The molecule has 0 bridgehead atoms. The van der Waals surface area contributed by atoms with Gasteiger partial charge < -0.3 is 25.1 Å². The average Bonchev–Trinajstić information content (AvgIpc) is 3.11. The molecule has 2 aromatic rings. The van der Waals surface area contributed by atoms with Crippen LogP contribution in [-0.4, -0.2) is 29.3 Å². The maximum Gasteiger partial charge on any atom is 0.408 e. The van der Waals surface area contributed by atoms with E-state index in [2.05, 4.69) is 27.8 Å². The van der Waals surface area contributed by atoms with Crippen molar-refractivity contribution in [1.29, 1.82) is 0 Å². The molecule has 7 heteroatoms. The van der Waals surface area contributed by atoms with E-state index < -0.39 is 5.60 Å². The number of alkyl carbamates (subject to hydrolysis) is 1. The third kappa shape index (κ3) is 5.14. The molecular weight excluding hydrogens is 382 g/mol. The van der Waals surface area contributed by atoms with Crippen LogP contribution in [0.4, 0.5) is 10.5 Å². The van der Waals surface area contributed by atoms with E-state index in [9.17, 15) is 9.59 Å². The van der Waals surface area contributed by atoms with Crippen LogP contribution < -0.4 is 10.6 Å². The molecule has 0 unspecified atom stereocenters. The number of esters is 1. The zero-order valence-corrected chi connectivity index (χ0v) is 18.1. The standard InChI is InChI=1S/C23H31N3O4/c1-5-29-20(27)19-18(11-14-24-19)25-15-16-7-9-17(10-8-16)23(12-6-13-23)26-21(28)30-22(2,3)4/h7-11,14,24-25H,5-6,12-13,15H2,1-4H3,(H,26,28). The summed E-state index contributed by atoms with van der Waals surface area (Å²) in [6.45, 7) is 8.26. The van der Waals surface area contributed by atoms with Crippen molar-refractivity contribution < 1.29 is 19.1 Å². The summed E-state index contributed by atoms with van der Waals surface area (Å²) >= 11 is 0. The molecule has 0 atom stereocenters. The molecule has 3 rings (SSSR count). The minimum Gasteiger partial charge on any atom is -0.461 e. The van der Waals surface area contributed by atoms with Gasteiger partial charge in [0.25, 0.3) is 0 Å². The van der Waals surface area contributed by atoms with Gasteiger partial charge in [0.1, 0.15) is 11.3 Å². The summed E-state index contributed by atoms with van der Waals surface area (Å²) in [5.74, 6) is -0.375. The molecule has 1 fully saturated rings. The summed E-state index contributed by atoms with van der Waals surface area (Å²) in [5.41, 5.74) is 2.40. The molecule has 30 heavy (non-hydrogen) atoms. The van der Waals surface area contributed by atoms with Crippen LogP contribution in [0.1, 0.15) is 68.6 Å². The number of ether oxygens (including phenoxy) is 2. The number of carbonyl (C=O) groups is 2. The zero-order chi connectivity index (χ0) is 21.8. The molecule has 7 nitrogen and oxygen atoms in total. The Labute approximate surface area is 177 Å². The second-order valence-corrected chi connectivity index (χ2v) is 8.60. The van der Waals surface area contributed by atoms with Crippen LogP contribution in [0.15, 0.2) is 36.5 Å². The topological polar surface area (TPSA) is 92.5 Å². The van der Waals surface area contributed by atoms with Crippen LogP contribution in [0.25, 0.3) is 0 Å². The molecule has 162 valence electrons. The number of amides is 1. The lowest BCUT2D eigenvalue weighted by Gasteiger charge is -2.43. The summed E-state index contributed by atoms with van der Waals surface area (Å²) in [6, 6.07) is 9.99. The third-order valence-corrected chi connectivity index (χ3v) is 5.16. The van der Waals surface area contributed by atoms with Crippen molar-refractivity contribution in [2.45, 2.75) is 64.6 Å². The van der Waals surface area contributed by atoms with E-state index in [-0.39, 0.29) is 17.6 Å². The number of carbonyl (C=O) groups excluding carboxylic acids is 2. The Morgan fingerprint density at radius 3 is 2.40 bits per heavy atom. The van der Waals surface area contributed by atoms with Crippen LogP contribution in [0.5, 0.6) is 0 Å². The lowest BCUT2D eigenvalue weighted by molar-refractivity contribution is 0.0376. The summed E-state index contributed by atoms with van der Waals surface area (Å²) < 4.78 is 10.5. The highest BCUT2D eigenvalue weighted by atomic mass is 16.6. The van der Waals surface area contributed by atoms with Crippen LogP contribution in [-0.2, 0) is 21.6 Å². The highest BCUT2D eigenvalue weighted by molar-refractivity contribution is 5.93. The van der Waals surface area contributed by atoms with Crippen LogP contribution in [0, 0.1) is 0 Å². The third-order valence-electron chi connectivity index (χ3n) is 5.16. The number of rotatable bonds is 7. The molecule has 0 radical (unpaired) electrons. The fraction of sp³-hybridized carbons (Fsp3) is 0.478. The molecule has 1 aliphatic rings. The minimum atomic E-state index is -0.523. The molecule has 0 saturated heterocycles. The quantitative estimate of drug-likeness (QED) is 0.572. The van der Waals surface area contributed by atoms with Crippen molar-refractivity contribution in [1.82, 2.24) is 10.3 Å². The first-order valence-electron chi connectivity index (χ1n) is 10.4. The molecule has 0 aliphatic heterocycles. The maximum absolute atomic E-state index is 12.3.